The summed E-state index contributed by atoms with van der Waals surface area (Å²) in [5, 5.41) is 6.55. The zero-order valence-corrected chi connectivity index (χ0v) is 26.1. The molecule has 43 heavy (non-hydrogen) atoms. The van der Waals surface area contributed by atoms with Crippen LogP contribution in [-0.4, -0.2) is 56.2 Å². The fourth-order valence-corrected chi connectivity index (χ4v) is 5.43. The number of benzene rings is 3. The number of ether oxygens (including phenoxy) is 3. The Labute approximate surface area is 255 Å². The molecule has 1 amide bonds. The number of hydrogen-bond acceptors (Lipinski definition) is 7. The summed E-state index contributed by atoms with van der Waals surface area (Å²) in [5.41, 5.74) is 5.23. The Bertz CT molecular complexity index is 1370. The lowest BCUT2D eigenvalue weighted by molar-refractivity contribution is -0.154. The smallest absolute Gasteiger partial charge is 0.306 e. The fraction of sp³-hybridized carbons (Fsp3) is 0.429. The minimum atomic E-state index is -0.465. The average Bonchev–Trinajstić information content (AvgIpc) is 2.99. The number of methoxy groups -OCH3 is 2. The highest BCUT2D eigenvalue weighted by Crippen LogP contribution is 2.36. The number of rotatable bonds is 13. The van der Waals surface area contributed by atoms with E-state index in [1.54, 1.807) is 14.2 Å². The standard InChI is InChI=1S/C35H45N3O5/c1-35(2,3)43-34(40)12-9-18-36-28-14-15-29-27(22-28)17-19-38(24-33(39)37-23-25-10-7-6-8-11-25)30(29)20-26-13-16-31(41-4)32(21-26)42-5/h6-8,10-11,13-16,21-22,30,36H,9,12,17-20,23-24H2,1-5H3,(H,37,39). The van der Waals surface area contributed by atoms with Crippen molar-refractivity contribution in [2.75, 3.05) is 39.2 Å². The Kier molecular flexibility index (Phi) is 11.1. The molecule has 0 radical (unpaired) electrons. The summed E-state index contributed by atoms with van der Waals surface area (Å²) in [6.07, 6.45) is 2.64. The van der Waals surface area contributed by atoms with Crippen LogP contribution in [-0.2, 0) is 33.7 Å². The molecule has 1 heterocycles. The van der Waals surface area contributed by atoms with E-state index in [-0.39, 0.29) is 17.9 Å². The average molecular weight is 588 g/mol. The molecule has 2 N–H and O–H groups in total. The highest BCUT2D eigenvalue weighted by Gasteiger charge is 2.29. The van der Waals surface area contributed by atoms with Crippen molar-refractivity contribution in [3.8, 4) is 11.5 Å². The van der Waals surface area contributed by atoms with Gasteiger partial charge in [-0.1, -0.05) is 42.5 Å². The van der Waals surface area contributed by atoms with Crippen molar-refractivity contribution in [3.63, 3.8) is 0 Å². The number of hydrogen-bond donors (Lipinski definition) is 2. The molecule has 0 bridgehead atoms. The number of nitrogens with zero attached hydrogens (tertiary/aromatic N) is 1. The maximum atomic E-state index is 13.1. The van der Waals surface area contributed by atoms with Gasteiger partial charge < -0.3 is 24.8 Å². The van der Waals surface area contributed by atoms with Crippen LogP contribution in [0.15, 0.2) is 66.7 Å². The molecule has 0 spiro atoms. The van der Waals surface area contributed by atoms with E-state index in [1.807, 2.05) is 63.2 Å². The molecule has 1 unspecified atom stereocenters. The van der Waals surface area contributed by atoms with E-state index in [4.69, 9.17) is 14.2 Å². The molecule has 0 saturated carbocycles. The van der Waals surface area contributed by atoms with Gasteiger partial charge in [-0.3, -0.25) is 14.5 Å². The van der Waals surface area contributed by atoms with Gasteiger partial charge in [-0.15, -0.1) is 0 Å². The lowest BCUT2D eigenvalue weighted by atomic mass is 9.88. The quantitative estimate of drug-likeness (QED) is 0.196. The van der Waals surface area contributed by atoms with Crippen molar-refractivity contribution in [2.24, 2.45) is 0 Å². The monoisotopic (exact) mass is 587 g/mol. The van der Waals surface area contributed by atoms with Crippen molar-refractivity contribution >= 4 is 17.6 Å². The molecule has 3 aromatic rings. The van der Waals surface area contributed by atoms with Gasteiger partial charge in [0.25, 0.3) is 0 Å². The molecule has 8 heteroatoms. The number of esters is 1. The maximum absolute atomic E-state index is 13.1. The first-order valence-electron chi connectivity index (χ1n) is 15.0. The van der Waals surface area contributed by atoms with Crippen LogP contribution in [0.4, 0.5) is 5.69 Å². The third kappa shape index (κ3) is 9.48. The summed E-state index contributed by atoms with van der Waals surface area (Å²) in [4.78, 5) is 27.4. The second-order valence-electron chi connectivity index (χ2n) is 11.9. The summed E-state index contributed by atoms with van der Waals surface area (Å²) in [7, 11) is 3.27. The van der Waals surface area contributed by atoms with E-state index in [9.17, 15) is 9.59 Å². The Morgan fingerprint density at radius 3 is 2.42 bits per heavy atom. The van der Waals surface area contributed by atoms with Gasteiger partial charge in [0.05, 0.1) is 20.8 Å². The second-order valence-corrected chi connectivity index (χ2v) is 11.9. The van der Waals surface area contributed by atoms with Crippen LogP contribution in [0.2, 0.25) is 0 Å². The maximum Gasteiger partial charge on any atom is 0.306 e. The molecule has 230 valence electrons. The molecule has 3 aromatic carbocycles. The SMILES string of the molecule is COc1ccc(CC2c3ccc(NCCCC(=O)OC(C)(C)C)cc3CCN2CC(=O)NCc2ccccc2)cc1OC. The first kappa shape index (κ1) is 31.9. The number of fused-ring (bicyclic) bond motifs is 1. The summed E-state index contributed by atoms with van der Waals surface area (Å²) in [6, 6.07) is 22.4. The van der Waals surface area contributed by atoms with Gasteiger partial charge in [-0.2, -0.15) is 0 Å². The van der Waals surface area contributed by atoms with Crippen molar-refractivity contribution in [3.05, 3.63) is 89.0 Å². The molecular formula is C35H45N3O5. The summed E-state index contributed by atoms with van der Waals surface area (Å²) in [5.74, 6) is 1.21. The van der Waals surface area contributed by atoms with E-state index in [1.165, 1.54) is 11.1 Å². The van der Waals surface area contributed by atoms with Crippen molar-refractivity contribution in [2.45, 2.75) is 64.6 Å². The van der Waals surface area contributed by atoms with Crippen LogP contribution >= 0.6 is 0 Å². The van der Waals surface area contributed by atoms with Gasteiger partial charge in [0.15, 0.2) is 11.5 Å². The van der Waals surface area contributed by atoms with Gasteiger partial charge in [0, 0.05) is 37.8 Å². The molecule has 4 rings (SSSR count). The van der Waals surface area contributed by atoms with E-state index >= 15 is 0 Å². The largest absolute Gasteiger partial charge is 0.493 e. The number of amides is 1. The minimum Gasteiger partial charge on any atom is -0.493 e. The van der Waals surface area contributed by atoms with E-state index < -0.39 is 5.60 Å². The van der Waals surface area contributed by atoms with E-state index in [0.29, 0.717) is 44.0 Å². The summed E-state index contributed by atoms with van der Waals surface area (Å²) < 4.78 is 16.4. The van der Waals surface area contributed by atoms with Gasteiger partial charge >= 0.3 is 5.97 Å². The third-order valence-electron chi connectivity index (χ3n) is 7.47. The van der Waals surface area contributed by atoms with Crippen LogP contribution in [0.1, 0.15) is 61.9 Å². The van der Waals surface area contributed by atoms with Gasteiger partial charge in [0.2, 0.25) is 5.91 Å². The summed E-state index contributed by atoms with van der Waals surface area (Å²) in [6.45, 7) is 7.92. The van der Waals surface area contributed by atoms with Crippen LogP contribution < -0.4 is 20.1 Å². The number of carbonyl (C=O) groups excluding carboxylic acids is 2. The first-order chi connectivity index (χ1) is 20.6. The Morgan fingerprint density at radius 1 is 0.930 bits per heavy atom. The second kappa shape index (κ2) is 14.9. The molecule has 1 atom stereocenters. The number of anilines is 1. The van der Waals surface area contributed by atoms with Gasteiger partial charge in [-0.05, 0) is 86.6 Å². The van der Waals surface area contributed by atoms with Crippen LogP contribution in [0, 0.1) is 0 Å². The predicted octanol–water partition coefficient (Wildman–Crippen LogP) is 5.70. The Hall–Kier alpha value is -4.04. The zero-order chi connectivity index (χ0) is 30.8. The third-order valence-corrected chi connectivity index (χ3v) is 7.47. The molecule has 0 aromatic heterocycles. The molecular weight excluding hydrogens is 542 g/mol. The predicted molar refractivity (Wildman–Crippen MR) is 170 cm³/mol. The normalized spacial score (nSPS) is 14.9. The number of carbonyl (C=O) groups is 2. The Balaban J connectivity index is 1.46. The zero-order valence-electron chi connectivity index (χ0n) is 26.1. The molecule has 0 saturated heterocycles. The van der Waals surface area contributed by atoms with Crippen LogP contribution in [0.25, 0.3) is 0 Å². The van der Waals surface area contributed by atoms with Crippen LogP contribution in [0.3, 0.4) is 0 Å². The molecule has 1 aliphatic heterocycles. The van der Waals surface area contributed by atoms with Crippen molar-refractivity contribution < 1.29 is 23.8 Å². The number of nitrogens with one attached hydrogen (secondary N) is 2. The van der Waals surface area contributed by atoms with Crippen LogP contribution in [0.5, 0.6) is 11.5 Å². The fourth-order valence-electron chi connectivity index (χ4n) is 5.43. The topological polar surface area (TPSA) is 89.1 Å². The first-order valence-corrected chi connectivity index (χ1v) is 15.0. The highest BCUT2D eigenvalue weighted by atomic mass is 16.6. The lowest BCUT2D eigenvalue weighted by Gasteiger charge is -2.37. The van der Waals surface area contributed by atoms with Gasteiger partial charge in [0.1, 0.15) is 5.60 Å². The Morgan fingerprint density at radius 2 is 1.70 bits per heavy atom. The van der Waals surface area contributed by atoms with Gasteiger partial charge in [-0.25, -0.2) is 0 Å². The molecule has 0 fully saturated rings. The molecule has 1 aliphatic rings. The molecule has 8 nitrogen and oxygen atoms in total. The minimum absolute atomic E-state index is 0.00730. The van der Waals surface area contributed by atoms with E-state index in [2.05, 4.69) is 39.8 Å². The highest BCUT2D eigenvalue weighted by molar-refractivity contribution is 5.78. The van der Waals surface area contributed by atoms with E-state index in [0.717, 1.165) is 36.2 Å². The van der Waals surface area contributed by atoms with Crippen molar-refractivity contribution in [1.82, 2.24) is 10.2 Å². The summed E-state index contributed by atoms with van der Waals surface area (Å²) >= 11 is 0. The van der Waals surface area contributed by atoms with Crippen molar-refractivity contribution in [1.29, 1.82) is 0 Å². The molecule has 0 aliphatic carbocycles. The lowest BCUT2D eigenvalue weighted by Crippen LogP contribution is -2.43.